The summed E-state index contributed by atoms with van der Waals surface area (Å²) in [6.45, 7) is 0. The molecule has 0 amide bonds. The average Bonchev–Trinajstić information content (AvgIpc) is 2.82. The lowest BCUT2D eigenvalue weighted by molar-refractivity contribution is -0.134. The van der Waals surface area contributed by atoms with E-state index in [1.54, 1.807) is 0 Å². The highest BCUT2D eigenvalue weighted by Crippen LogP contribution is 2.35. The van der Waals surface area contributed by atoms with Crippen LogP contribution in [-0.2, 0) is 9.59 Å². The van der Waals surface area contributed by atoms with Gasteiger partial charge in [-0.15, -0.1) is 0 Å². The van der Waals surface area contributed by atoms with Crippen LogP contribution in [0.1, 0.15) is 20.7 Å². The highest BCUT2D eigenvalue weighted by Gasteiger charge is 2.11. The van der Waals surface area contributed by atoms with Crippen LogP contribution in [0.15, 0.2) is 60.7 Å². The van der Waals surface area contributed by atoms with E-state index < -0.39 is 46.9 Å². The zero-order valence-corrected chi connectivity index (χ0v) is 19.8. The smallest absolute Gasteiger partial charge is 0.335 e. The molecule has 0 aliphatic heterocycles. The number of phenols is 8. The molecule has 3 rings (SSSR count). The molecule has 0 fully saturated rings. The third kappa shape index (κ3) is 13.1. The number of rotatable bonds is 4. The van der Waals surface area contributed by atoms with Gasteiger partial charge in [-0.05, 0) is 30.3 Å². The van der Waals surface area contributed by atoms with E-state index in [1.165, 1.54) is 6.07 Å². The van der Waals surface area contributed by atoms with E-state index in [2.05, 4.69) is 0 Å². The monoisotopic (exact) mass is 566 g/mol. The van der Waals surface area contributed by atoms with Crippen LogP contribution in [0.4, 0.5) is 0 Å². The number of phenolic OH excluding ortho intramolecular Hbond substituents is 8. The molecule has 0 heterocycles. The van der Waals surface area contributed by atoms with Gasteiger partial charge in [0.1, 0.15) is 17.2 Å². The highest BCUT2D eigenvalue weighted by atomic mass is 16.4. The summed E-state index contributed by atoms with van der Waals surface area (Å²) in [6, 6.07) is 8.42. The third-order valence-corrected chi connectivity index (χ3v) is 3.79. The summed E-state index contributed by atoms with van der Waals surface area (Å²) in [5, 5.41) is 103. The predicted molar refractivity (Wildman–Crippen MR) is 131 cm³/mol. The molecular formula is C24H22O16. The summed E-state index contributed by atoms with van der Waals surface area (Å²) in [5.74, 6) is -8.17. The van der Waals surface area contributed by atoms with Crippen molar-refractivity contribution < 1.29 is 80.5 Å². The minimum Gasteiger partial charge on any atom is -0.508 e. The standard InChI is InChI=1S/C7H6O5.C7H6O4.C6H6O3.C4H4O4/c8-4-1-3(7(11)12)2-5(9)6(4)10;8-5-2-1-4(7(10)11)3-6(5)9;7-4-1-5(8)3-6(9)2-4;5-3(6)1-2-4(7)8/h1-2,8-10H,(H,11,12);1-3,8-9H,(H,10,11);1-3,7-9H;1-2H,(H,5,6)(H,7,8)/b;;;2-1+. The average molecular weight is 566 g/mol. The molecule has 16 nitrogen and oxygen atoms in total. The molecule has 0 bridgehead atoms. The first kappa shape index (κ1) is 33.7. The Kier molecular flexibility index (Phi) is 13.2. The lowest BCUT2D eigenvalue weighted by atomic mass is 10.2. The van der Waals surface area contributed by atoms with Gasteiger partial charge in [0.05, 0.1) is 11.1 Å². The predicted octanol–water partition coefficient (Wildman–Crippen LogP) is 1.81. The van der Waals surface area contributed by atoms with Crippen molar-refractivity contribution in [3.05, 3.63) is 71.8 Å². The van der Waals surface area contributed by atoms with Crippen LogP contribution in [-0.4, -0.2) is 85.2 Å². The quantitative estimate of drug-likeness (QED) is 0.158. The first-order valence-corrected chi connectivity index (χ1v) is 10.0. The van der Waals surface area contributed by atoms with Gasteiger partial charge in [0.15, 0.2) is 28.7 Å². The molecule has 40 heavy (non-hydrogen) atoms. The van der Waals surface area contributed by atoms with Crippen molar-refractivity contribution >= 4 is 23.9 Å². The summed E-state index contributed by atoms with van der Waals surface area (Å²) >= 11 is 0. The number of aromatic hydroxyl groups is 8. The molecule has 12 N–H and O–H groups in total. The second kappa shape index (κ2) is 15.7. The van der Waals surface area contributed by atoms with Crippen molar-refractivity contribution in [2.75, 3.05) is 0 Å². The van der Waals surface area contributed by atoms with E-state index in [4.69, 9.17) is 61.3 Å². The van der Waals surface area contributed by atoms with Crippen molar-refractivity contribution in [1.29, 1.82) is 0 Å². The Morgan fingerprint density at radius 3 is 1.10 bits per heavy atom. The Bertz CT molecular complexity index is 1300. The van der Waals surface area contributed by atoms with E-state index in [0.717, 1.165) is 42.5 Å². The molecule has 3 aromatic carbocycles. The van der Waals surface area contributed by atoms with Crippen LogP contribution in [0.25, 0.3) is 0 Å². The molecule has 0 aliphatic rings. The molecule has 3 aromatic rings. The molecule has 16 heteroatoms. The number of hydrogen-bond acceptors (Lipinski definition) is 12. The largest absolute Gasteiger partial charge is 0.508 e. The molecule has 0 spiro atoms. The van der Waals surface area contributed by atoms with Gasteiger partial charge in [-0.1, -0.05) is 0 Å². The van der Waals surface area contributed by atoms with Crippen LogP contribution < -0.4 is 0 Å². The van der Waals surface area contributed by atoms with Crippen LogP contribution in [0, 0.1) is 0 Å². The summed E-state index contributed by atoms with van der Waals surface area (Å²) in [5.41, 5.74) is -0.344. The SMILES string of the molecule is O=C(O)/C=C/C(=O)O.O=C(O)c1cc(O)c(O)c(O)c1.O=C(O)c1ccc(O)c(O)c1.Oc1cc(O)cc(O)c1. The van der Waals surface area contributed by atoms with Gasteiger partial charge < -0.3 is 61.3 Å². The third-order valence-electron chi connectivity index (χ3n) is 3.79. The normalized spacial score (nSPS) is 9.50. The zero-order valence-electron chi connectivity index (χ0n) is 19.8. The van der Waals surface area contributed by atoms with E-state index in [-0.39, 0.29) is 34.1 Å². The molecule has 0 unspecified atom stereocenters. The number of carboxylic acid groups (broad SMARTS) is 4. The number of benzene rings is 3. The maximum Gasteiger partial charge on any atom is 0.335 e. The van der Waals surface area contributed by atoms with Crippen LogP contribution in [0.5, 0.6) is 46.0 Å². The van der Waals surface area contributed by atoms with E-state index in [1.807, 2.05) is 0 Å². The van der Waals surface area contributed by atoms with Gasteiger partial charge in [0.25, 0.3) is 0 Å². The molecule has 0 radical (unpaired) electrons. The second-order valence-corrected chi connectivity index (χ2v) is 6.89. The Morgan fingerprint density at radius 1 is 0.450 bits per heavy atom. The van der Waals surface area contributed by atoms with E-state index in [9.17, 15) is 19.2 Å². The number of carboxylic acids is 4. The van der Waals surface area contributed by atoms with Gasteiger partial charge in [0.2, 0.25) is 0 Å². The summed E-state index contributed by atoms with van der Waals surface area (Å²) in [4.78, 5) is 39.7. The molecule has 0 atom stereocenters. The van der Waals surface area contributed by atoms with Gasteiger partial charge >= 0.3 is 23.9 Å². The second-order valence-electron chi connectivity index (χ2n) is 6.89. The Balaban J connectivity index is 0.000000514. The summed E-state index contributed by atoms with van der Waals surface area (Å²) in [7, 11) is 0. The number of hydrogen-bond donors (Lipinski definition) is 12. The minimum absolute atomic E-state index is 0.0553. The van der Waals surface area contributed by atoms with Crippen molar-refractivity contribution in [3.63, 3.8) is 0 Å². The van der Waals surface area contributed by atoms with Crippen molar-refractivity contribution in [2.45, 2.75) is 0 Å². The molecule has 0 saturated carbocycles. The Morgan fingerprint density at radius 2 is 0.800 bits per heavy atom. The fourth-order valence-corrected chi connectivity index (χ4v) is 2.11. The van der Waals surface area contributed by atoms with Crippen LogP contribution in [0.2, 0.25) is 0 Å². The first-order valence-electron chi connectivity index (χ1n) is 10.0. The Labute approximate surface area is 222 Å². The summed E-state index contributed by atoms with van der Waals surface area (Å²) in [6.07, 6.45) is 1.12. The van der Waals surface area contributed by atoms with Crippen LogP contribution in [0.3, 0.4) is 0 Å². The molecular weight excluding hydrogens is 544 g/mol. The minimum atomic E-state index is -1.29. The number of carbonyl (C=O) groups is 4. The van der Waals surface area contributed by atoms with E-state index in [0.29, 0.717) is 12.2 Å². The lowest BCUT2D eigenvalue weighted by Gasteiger charge is -2.01. The maximum absolute atomic E-state index is 10.3. The molecule has 0 saturated heterocycles. The fraction of sp³-hybridized carbons (Fsp3) is 0. The van der Waals surface area contributed by atoms with Crippen molar-refractivity contribution in [1.82, 2.24) is 0 Å². The van der Waals surface area contributed by atoms with Crippen molar-refractivity contribution in [2.24, 2.45) is 0 Å². The molecule has 0 aliphatic carbocycles. The van der Waals surface area contributed by atoms with Gasteiger partial charge in [-0.2, -0.15) is 0 Å². The molecule has 214 valence electrons. The zero-order chi connectivity index (χ0) is 31.2. The Hall–Kier alpha value is -6.32. The lowest BCUT2D eigenvalue weighted by Crippen LogP contribution is -1.95. The number of aliphatic carboxylic acids is 2. The van der Waals surface area contributed by atoms with Crippen LogP contribution >= 0.6 is 0 Å². The highest BCUT2D eigenvalue weighted by molar-refractivity contribution is 5.90. The molecule has 0 aromatic heterocycles. The van der Waals surface area contributed by atoms with E-state index >= 15 is 0 Å². The maximum atomic E-state index is 10.3. The van der Waals surface area contributed by atoms with Gasteiger partial charge in [0, 0.05) is 30.4 Å². The van der Waals surface area contributed by atoms with Crippen molar-refractivity contribution in [3.8, 4) is 46.0 Å². The number of aromatic carboxylic acids is 2. The topological polar surface area (TPSA) is 311 Å². The van der Waals surface area contributed by atoms with Gasteiger partial charge in [-0.3, -0.25) is 0 Å². The van der Waals surface area contributed by atoms with Gasteiger partial charge in [-0.25, -0.2) is 19.2 Å². The fourth-order valence-electron chi connectivity index (χ4n) is 2.11. The summed E-state index contributed by atoms with van der Waals surface area (Å²) < 4.78 is 0. The first-order chi connectivity index (χ1) is 18.4.